The van der Waals surface area contributed by atoms with Gasteiger partial charge in [-0.25, -0.2) is 12.7 Å². The molecule has 0 spiro atoms. The maximum absolute atomic E-state index is 12.2. The summed E-state index contributed by atoms with van der Waals surface area (Å²) in [5, 5.41) is 6.61. The van der Waals surface area contributed by atoms with Crippen LogP contribution in [0.3, 0.4) is 0 Å². The van der Waals surface area contributed by atoms with E-state index >= 15 is 0 Å². The lowest BCUT2D eigenvalue weighted by Gasteiger charge is -2.21. The number of benzene rings is 1. The molecule has 0 amide bonds. The summed E-state index contributed by atoms with van der Waals surface area (Å²) in [6.45, 7) is 0.581. The van der Waals surface area contributed by atoms with E-state index in [0.717, 1.165) is 5.76 Å². The third kappa shape index (κ3) is 5.04. The van der Waals surface area contributed by atoms with Gasteiger partial charge in [0, 0.05) is 19.8 Å². The number of rotatable bonds is 7. The minimum absolute atomic E-state index is 0.102. The van der Waals surface area contributed by atoms with Crippen LogP contribution in [0.15, 0.2) is 52.0 Å². The fourth-order valence-corrected chi connectivity index (χ4v) is 3.54. The molecule has 0 saturated carbocycles. The third-order valence-corrected chi connectivity index (χ3v) is 5.98. The molecule has 0 aliphatic carbocycles. The zero-order valence-electron chi connectivity index (χ0n) is 15.3. The third-order valence-electron chi connectivity index (χ3n) is 3.92. The first-order valence-corrected chi connectivity index (χ1v) is 9.97. The summed E-state index contributed by atoms with van der Waals surface area (Å²) in [5.74, 6) is 0.874. The Bertz CT molecular complexity index is 833. The van der Waals surface area contributed by atoms with E-state index in [2.05, 4.69) is 10.6 Å². The minimum atomic E-state index is -3.49. The number of nitrogens with zero attached hydrogens (tertiary/aromatic N) is 1. The van der Waals surface area contributed by atoms with Gasteiger partial charge in [-0.2, -0.15) is 0 Å². The van der Waals surface area contributed by atoms with E-state index in [1.807, 2.05) is 26.2 Å². The molecule has 2 aromatic rings. The van der Waals surface area contributed by atoms with Gasteiger partial charge in [-0.15, -0.1) is 0 Å². The maximum Gasteiger partial charge on any atom is 0.242 e. The molecule has 0 aliphatic rings. The number of likely N-dealkylation sites (N-methyl/N-ethyl adjacent to an activating group) is 1. The van der Waals surface area contributed by atoms with Crippen LogP contribution < -0.4 is 15.5 Å². The van der Waals surface area contributed by atoms with Crippen LogP contribution in [0.4, 0.5) is 5.69 Å². The van der Waals surface area contributed by atoms with E-state index in [-0.39, 0.29) is 10.9 Å². The van der Waals surface area contributed by atoms with Crippen molar-refractivity contribution in [1.82, 2.24) is 9.62 Å². The van der Waals surface area contributed by atoms with E-state index < -0.39 is 10.0 Å². The summed E-state index contributed by atoms with van der Waals surface area (Å²) < 4.78 is 31.1. The normalized spacial score (nSPS) is 13.0. The van der Waals surface area contributed by atoms with Gasteiger partial charge >= 0.3 is 0 Å². The minimum Gasteiger partial charge on any atom is -0.463 e. The van der Waals surface area contributed by atoms with Crippen LogP contribution in [0.1, 0.15) is 11.8 Å². The van der Waals surface area contributed by atoms with Crippen LogP contribution in [0, 0.1) is 0 Å². The Balaban J connectivity index is 2.02. The monoisotopic (exact) mass is 397 g/mol. The van der Waals surface area contributed by atoms with Crippen LogP contribution in [-0.4, -0.2) is 52.6 Å². The molecule has 0 bridgehead atoms. The number of hydrogen-bond acceptors (Lipinski definition) is 4. The summed E-state index contributed by atoms with van der Waals surface area (Å²) in [7, 11) is 3.60. The van der Waals surface area contributed by atoms with E-state index in [1.54, 1.807) is 30.5 Å². The molecule has 0 aliphatic heterocycles. The highest BCUT2D eigenvalue weighted by Crippen LogP contribution is 2.18. The molecular formula is C17H25N4O3S2+. The average molecular weight is 398 g/mol. The highest BCUT2D eigenvalue weighted by molar-refractivity contribution is 7.89. The first-order chi connectivity index (χ1) is 12.2. The number of thiocarbonyl (C=S) groups is 1. The van der Waals surface area contributed by atoms with Gasteiger partial charge in [-0.3, -0.25) is 0 Å². The van der Waals surface area contributed by atoms with Crippen molar-refractivity contribution in [3.63, 3.8) is 0 Å². The fraction of sp³-hybridized carbons (Fsp3) is 0.353. The molecule has 1 heterocycles. The Morgan fingerprint density at radius 2 is 2.00 bits per heavy atom. The number of furan rings is 1. The molecule has 1 aromatic heterocycles. The Kier molecular flexibility index (Phi) is 6.76. The van der Waals surface area contributed by atoms with Gasteiger partial charge in [0.25, 0.3) is 0 Å². The van der Waals surface area contributed by atoms with Crippen molar-refractivity contribution in [2.45, 2.75) is 10.9 Å². The van der Waals surface area contributed by atoms with E-state index in [0.29, 0.717) is 17.3 Å². The predicted molar refractivity (Wildman–Crippen MR) is 106 cm³/mol. The van der Waals surface area contributed by atoms with Gasteiger partial charge < -0.3 is 20.0 Å². The molecule has 0 unspecified atom stereocenters. The smallest absolute Gasteiger partial charge is 0.242 e. The SMILES string of the molecule is CN(C)S(=O)(=O)c1cccc(NC(=S)NC[C@@H](c2ccco2)[NH+](C)C)c1. The first kappa shape index (κ1) is 20.4. The van der Waals surface area contributed by atoms with Crippen LogP contribution in [0.25, 0.3) is 0 Å². The molecule has 7 nitrogen and oxygen atoms in total. The Morgan fingerprint density at radius 3 is 2.58 bits per heavy atom. The quantitative estimate of drug-likeness (QED) is 0.597. The van der Waals surface area contributed by atoms with E-state index in [4.69, 9.17) is 16.6 Å². The van der Waals surface area contributed by atoms with Crippen LogP contribution in [0.5, 0.6) is 0 Å². The van der Waals surface area contributed by atoms with Gasteiger partial charge in [0.1, 0.15) is 0 Å². The Hall–Kier alpha value is -1.94. The molecule has 0 saturated heterocycles. The average Bonchev–Trinajstić information content (AvgIpc) is 3.09. The second kappa shape index (κ2) is 8.63. The van der Waals surface area contributed by atoms with E-state index in [9.17, 15) is 8.42 Å². The van der Waals surface area contributed by atoms with Crippen molar-refractivity contribution in [3.05, 3.63) is 48.4 Å². The number of anilines is 1. The lowest BCUT2D eigenvalue weighted by molar-refractivity contribution is -0.891. The molecule has 3 N–H and O–H groups in total. The lowest BCUT2D eigenvalue weighted by Crippen LogP contribution is -3.07. The van der Waals surface area contributed by atoms with Crippen LogP contribution in [-0.2, 0) is 10.0 Å². The predicted octanol–water partition coefficient (Wildman–Crippen LogP) is 0.702. The maximum atomic E-state index is 12.2. The highest BCUT2D eigenvalue weighted by Gasteiger charge is 2.21. The first-order valence-electron chi connectivity index (χ1n) is 8.12. The van der Waals surface area contributed by atoms with E-state index in [1.165, 1.54) is 23.3 Å². The van der Waals surface area contributed by atoms with Crippen molar-refractivity contribution in [2.75, 3.05) is 40.1 Å². The summed E-state index contributed by atoms with van der Waals surface area (Å²) in [6, 6.07) is 10.5. The fourth-order valence-electron chi connectivity index (χ4n) is 2.39. The largest absolute Gasteiger partial charge is 0.463 e. The van der Waals surface area contributed by atoms with Gasteiger partial charge in [0.05, 0.1) is 31.8 Å². The number of nitrogens with one attached hydrogen (secondary N) is 3. The molecule has 0 fully saturated rings. The number of hydrogen-bond donors (Lipinski definition) is 3. The van der Waals surface area contributed by atoms with Crippen LogP contribution >= 0.6 is 12.2 Å². The molecule has 1 aromatic carbocycles. The van der Waals surface area contributed by atoms with Gasteiger partial charge in [-0.1, -0.05) is 6.07 Å². The van der Waals surface area contributed by atoms with Crippen LogP contribution in [0.2, 0.25) is 0 Å². The van der Waals surface area contributed by atoms with Crippen molar-refractivity contribution < 1.29 is 17.7 Å². The number of quaternary nitrogens is 1. The Morgan fingerprint density at radius 1 is 1.27 bits per heavy atom. The van der Waals surface area contributed by atoms with Crippen molar-refractivity contribution in [1.29, 1.82) is 0 Å². The molecule has 2 rings (SSSR count). The molecule has 26 heavy (non-hydrogen) atoms. The second-order valence-corrected chi connectivity index (χ2v) is 8.86. The molecule has 0 radical (unpaired) electrons. The molecular weight excluding hydrogens is 372 g/mol. The molecule has 1 atom stereocenters. The Labute approximate surface area is 160 Å². The highest BCUT2D eigenvalue weighted by atomic mass is 32.2. The van der Waals surface area contributed by atoms with Gasteiger partial charge in [0.2, 0.25) is 10.0 Å². The summed E-state index contributed by atoms with van der Waals surface area (Å²) in [4.78, 5) is 1.41. The van der Waals surface area contributed by atoms with Crippen molar-refractivity contribution in [2.24, 2.45) is 0 Å². The van der Waals surface area contributed by atoms with Crippen molar-refractivity contribution in [3.8, 4) is 0 Å². The number of sulfonamides is 1. The summed E-state index contributed by atoms with van der Waals surface area (Å²) in [6.07, 6.45) is 1.65. The summed E-state index contributed by atoms with van der Waals surface area (Å²) >= 11 is 5.34. The molecule has 9 heteroatoms. The summed E-state index contributed by atoms with van der Waals surface area (Å²) in [5.41, 5.74) is 0.608. The second-order valence-electron chi connectivity index (χ2n) is 6.30. The zero-order valence-corrected chi connectivity index (χ0v) is 16.9. The standard InChI is InChI=1S/C17H24N4O3S2/c1-20(2)15(16-9-6-10-24-16)12-18-17(25)19-13-7-5-8-14(11-13)26(22,23)21(3)4/h5-11,15H,12H2,1-4H3,(H2,18,19,25)/p+1/t15-/m0/s1. The molecule has 142 valence electrons. The topological polar surface area (TPSA) is 79.0 Å². The van der Waals surface area contributed by atoms with Gasteiger partial charge in [0.15, 0.2) is 16.9 Å². The zero-order chi connectivity index (χ0) is 19.3. The van der Waals surface area contributed by atoms with Crippen molar-refractivity contribution >= 4 is 33.0 Å². The van der Waals surface area contributed by atoms with Gasteiger partial charge in [-0.05, 0) is 42.5 Å². The lowest BCUT2D eigenvalue weighted by atomic mass is 10.2.